The molecule has 2 aromatic rings. The molecule has 0 unspecified atom stereocenters. The van der Waals surface area contributed by atoms with Crippen LogP contribution in [0.3, 0.4) is 0 Å². The zero-order chi connectivity index (χ0) is 19.7. The number of hydrogen-bond acceptors (Lipinski definition) is 7. The molecule has 1 aliphatic rings. The quantitative estimate of drug-likeness (QED) is 0.552. The molecular formula is C18H26FN7O. The van der Waals surface area contributed by atoms with Gasteiger partial charge in [-0.2, -0.15) is 4.98 Å². The van der Waals surface area contributed by atoms with E-state index in [4.69, 9.17) is 11.5 Å². The van der Waals surface area contributed by atoms with Gasteiger partial charge in [0.25, 0.3) is 0 Å². The minimum atomic E-state index is -0.725. The molecule has 0 bridgehead atoms. The Morgan fingerprint density at radius 3 is 2.81 bits per heavy atom. The molecule has 1 aliphatic carbocycles. The fourth-order valence-corrected chi connectivity index (χ4v) is 2.96. The van der Waals surface area contributed by atoms with E-state index in [-0.39, 0.29) is 11.9 Å². The summed E-state index contributed by atoms with van der Waals surface area (Å²) in [6, 6.07) is 1.27. The molecule has 0 saturated heterocycles. The number of carbonyl (C=O) groups excluding carboxylic acids is 1. The largest absolute Gasteiger partial charge is 0.368 e. The second kappa shape index (κ2) is 7.22. The van der Waals surface area contributed by atoms with E-state index in [1.165, 1.54) is 6.07 Å². The van der Waals surface area contributed by atoms with Crippen LogP contribution in [0.15, 0.2) is 12.3 Å². The van der Waals surface area contributed by atoms with E-state index >= 15 is 0 Å². The maximum absolute atomic E-state index is 13.5. The lowest BCUT2D eigenvalue weighted by Crippen LogP contribution is -2.51. The van der Waals surface area contributed by atoms with Crippen molar-refractivity contribution >= 4 is 28.7 Å². The molecule has 1 fully saturated rings. The van der Waals surface area contributed by atoms with Crippen molar-refractivity contribution in [3.05, 3.63) is 18.1 Å². The fourth-order valence-electron chi connectivity index (χ4n) is 2.96. The van der Waals surface area contributed by atoms with Gasteiger partial charge in [0.1, 0.15) is 11.3 Å². The van der Waals surface area contributed by atoms with Gasteiger partial charge in [0.05, 0.1) is 22.8 Å². The molecular weight excluding hydrogens is 349 g/mol. The number of hydrogen-bond donors (Lipinski definition) is 4. The molecule has 0 radical (unpaired) electrons. The van der Waals surface area contributed by atoms with Gasteiger partial charge in [-0.25, -0.2) is 14.4 Å². The molecule has 1 amide bonds. The summed E-state index contributed by atoms with van der Waals surface area (Å²) in [5, 5.41) is 6.29. The van der Waals surface area contributed by atoms with E-state index in [9.17, 15) is 9.18 Å². The number of nitrogens with two attached hydrogens (primary N) is 2. The normalized spacial score (nSPS) is 17.3. The van der Waals surface area contributed by atoms with Crippen molar-refractivity contribution in [2.24, 2.45) is 5.73 Å². The summed E-state index contributed by atoms with van der Waals surface area (Å²) in [4.78, 5) is 24.6. The molecule has 3 rings (SSSR count). The molecule has 1 saturated carbocycles. The Balaban J connectivity index is 1.85. The second-order valence-corrected chi connectivity index (χ2v) is 7.58. The number of aromatic nitrogens is 3. The minimum Gasteiger partial charge on any atom is -0.368 e. The molecule has 0 aliphatic heterocycles. The summed E-state index contributed by atoms with van der Waals surface area (Å²) in [5.74, 6) is -0.193. The maximum Gasteiger partial charge on any atom is 0.240 e. The molecule has 9 heteroatoms. The van der Waals surface area contributed by atoms with Crippen molar-refractivity contribution in [2.45, 2.75) is 57.0 Å². The van der Waals surface area contributed by atoms with E-state index in [0.29, 0.717) is 36.2 Å². The highest BCUT2D eigenvalue weighted by Gasteiger charge is 2.46. The summed E-state index contributed by atoms with van der Waals surface area (Å²) in [6.45, 7) is 4.46. The number of unbranched alkanes of at least 4 members (excludes halogenated alkanes) is 1. The van der Waals surface area contributed by atoms with Crippen molar-refractivity contribution in [1.29, 1.82) is 0 Å². The molecule has 0 spiro atoms. The predicted molar refractivity (Wildman–Crippen MR) is 102 cm³/mol. The number of nitrogens with one attached hydrogen (secondary N) is 2. The Labute approximate surface area is 157 Å². The lowest BCUT2D eigenvalue weighted by Gasteiger charge is -2.32. The third kappa shape index (κ3) is 4.41. The first kappa shape index (κ1) is 19.2. The van der Waals surface area contributed by atoms with E-state index in [2.05, 4.69) is 32.5 Å². The predicted octanol–water partition coefficient (Wildman–Crippen LogP) is 1.71. The van der Waals surface area contributed by atoms with Gasteiger partial charge in [0, 0.05) is 12.6 Å². The number of carbonyl (C=O) groups is 1. The molecule has 1 atom stereocenters. The Morgan fingerprint density at radius 1 is 1.41 bits per heavy atom. The van der Waals surface area contributed by atoms with E-state index < -0.39 is 16.9 Å². The van der Waals surface area contributed by atoms with Gasteiger partial charge in [-0.15, -0.1) is 0 Å². The van der Waals surface area contributed by atoms with Crippen molar-refractivity contribution in [2.75, 3.05) is 17.6 Å². The van der Waals surface area contributed by atoms with Gasteiger partial charge in [0.15, 0.2) is 5.82 Å². The summed E-state index contributed by atoms with van der Waals surface area (Å²) < 4.78 is 13.5. The minimum absolute atomic E-state index is 0.0261. The highest BCUT2D eigenvalue weighted by atomic mass is 19.1. The first-order chi connectivity index (χ1) is 12.7. The zero-order valence-corrected chi connectivity index (χ0v) is 15.7. The summed E-state index contributed by atoms with van der Waals surface area (Å²) in [7, 11) is 0. The number of pyridine rings is 1. The lowest BCUT2D eigenvalue weighted by atomic mass is 9.94. The summed E-state index contributed by atoms with van der Waals surface area (Å²) in [6.07, 6.45) is 5.27. The topological polar surface area (TPSA) is 132 Å². The molecule has 2 heterocycles. The first-order valence-corrected chi connectivity index (χ1v) is 9.19. The maximum atomic E-state index is 13.5. The third-order valence-corrected chi connectivity index (χ3v) is 4.90. The van der Waals surface area contributed by atoms with Crippen LogP contribution in [0, 0.1) is 5.82 Å². The average Bonchev–Trinajstić information content (AvgIpc) is 3.36. The highest BCUT2D eigenvalue weighted by molar-refractivity contribution is 5.89. The van der Waals surface area contributed by atoms with Crippen LogP contribution in [-0.4, -0.2) is 38.5 Å². The van der Waals surface area contributed by atoms with Crippen LogP contribution >= 0.6 is 0 Å². The Bertz CT molecular complexity index is 850. The molecule has 27 heavy (non-hydrogen) atoms. The van der Waals surface area contributed by atoms with Crippen LogP contribution in [0.1, 0.15) is 46.0 Å². The van der Waals surface area contributed by atoms with Gasteiger partial charge in [-0.3, -0.25) is 4.79 Å². The van der Waals surface area contributed by atoms with Gasteiger partial charge >= 0.3 is 0 Å². The molecule has 146 valence electrons. The number of anilines is 2. The summed E-state index contributed by atoms with van der Waals surface area (Å²) in [5.41, 5.74) is 11.3. The Kier molecular flexibility index (Phi) is 5.14. The number of nitrogens with zero attached hydrogens (tertiary/aromatic N) is 3. The van der Waals surface area contributed by atoms with Crippen LogP contribution in [0.25, 0.3) is 11.0 Å². The number of amides is 1. The van der Waals surface area contributed by atoms with Gasteiger partial charge in [-0.1, -0.05) is 19.8 Å². The summed E-state index contributed by atoms with van der Waals surface area (Å²) >= 11 is 0. The van der Waals surface area contributed by atoms with E-state index in [1.807, 2.05) is 6.92 Å². The van der Waals surface area contributed by atoms with Crippen LogP contribution < -0.4 is 22.1 Å². The molecule has 0 aromatic carbocycles. The zero-order valence-electron chi connectivity index (χ0n) is 15.7. The lowest BCUT2D eigenvalue weighted by molar-refractivity contribution is -0.123. The fraction of sp³-hybridized carbons (Fsp3) is 0.556. The monoisotopic (exact) mass is 375 g/mol. The van der Waals surface area contributed by atoms with Gasteiger partial charge in [0.2, 0.25) is 11.9 Å². The molecule has 2 aromatic heterocycles. The number of nitrogen functional groups attached to an aromatic ring is 1. The third-order valence-electron chi connectivity index (χ3n) is 4.90. The Hall–Kier alpha value is -2.55. The molecule has 6 N–H and O–H groups in total. The average molecular weight is 375 g/mol. The number of halogens is 1. The van der Waals surface area contributed by atoms with Crippen LogP contribution in [0.2, 0.25) is 0 Å². The van der Waals surface area contributed by atoms with Crippen LogP contribution in [0.5, 0.6) is 0 Å². The van der Waals surface area contributed by atoms with Crippen molar-refractivity contribution in [3.8, 4) is 0 Å². The smallest absolute Gasteiger partial charge is 0.240 e. The Morgan fingerprint density at radius 2 is 2.15 bits per heavy atom. The van der Waals surface area contributed by atoms with Gasteiger partial charge in [-0.05, 0) is 26.2 Å². The SMILES string of the molecule is CCCC[C@](C)(CNC(=O)C1(N)CC1)Nc1nc(N)nc2cc(F)cnc12. The van der Waals surface area contributed by atoms with Crippen molar-refractivity contribution in [3.63, 3.8) is 0 Å². The van der Waals surface area contributed by atoms with E-state index in [0.717, 1.165) is 25.5 Å². The van der Waals surface area contributed by atoms with Crippen molar-refractivity contribution < 1.29 is 9.18 Å². The van der Waals surface area contributed by atoms with Gasteiger partial charge < -0.3 is 22.1 Å². The second-order valence-electron chi connectivity index (χ2n) is 7.58. The standard InChI is InChI=1S/C18H26FN7O/c1-3-4-5-17(2,10-23-15(27)18(21)6-7-18)26-14-13-12(24-16(20)25-14)8-11(19)9-22-13/h8-9H,3-7,10,21H2,1-2H3,(H,23,27)(H3,20,24,25,26)/t17-/m1/s1. The van der Waals surface area contributed by atoms with Crippen LogP contribution in [0.4, 0.5) is 16.2 Å². The number of rotatable bonds is 8. The highest BCUT2D eigenvalue weighted by Crippen LogP contribution is 2.32. The molecule has 8 nitrogen and oxygen atoms in total. The van der Waals surface area contributed by atoms with Crippen molar-refractivity contribution in [1.82, 2.24) is 20.3 Å². The number of fused-ring (bicyclic) bond motifs is 1. The van der Waals surface area contributed by atoms with Crippen LogP contribution in [-0.2, 0) is 4.79 Å². The van der Waals surface area contributed by atoms with E-state index in [1.54, 1.807) is 0 Å². The first-order valence-electron chi connectivity index (χ1n) is 9.19.